The fourth-order valence-electron chi connectivity index (χ4n) is 1.94. The van der Waals surface area contributed by atoms with Gasteiger partial charge in [0, 0.05) is 18.8 Å². The Morgan fingerprint density at radius 2 is 1.90 bits per heavy atom. The van der Waals surface area contributed by atoms with E-state index >= 15 is 0 Å². The number of carboxylic acid groups (broad SMARTS) is 1. The Kier molecular flexibility index (Phi) is 6.82. The van der Waals surface area contributed by atoms with Crippen LogP contribution in [0.4, 0.5) is 10.5 Å². The van der Waals surface area contributed by atoms with Gasteiger partial charge in [-0.25, -0.2) is 4.79 Å². The van der Waals surface area contributed by atoms with E-state index in [4.69, 9.17) is 11.5 Å². The number of carbonyl (C=O) groups excluding carboxylic acids is 1. The Bertz CT molecular complexity index is 508. The van der Waals surface area contributed by atoms with Gasteiger partial charge in [0.25, 0.3) is 0 Å². The number of rotatable bonds is 7. The average molecular weight is 288 g/mol. The Hall–Kier alpha value is -2.48. The van der Waals surface area contributed by atoms with Crippen molar-refractivity contribution in [2.24, 2.45) is 0 Å². The van der Waals surface area contributed by atoms with Crippen molar-refractivity contribution in [1.82, 2.24) is 4.90 Å². The number of carbonyl (C=O) groups is 2. The monoisotopic (exact) mass is 288 g/mol. The van der Waals surface area contributed by atoms with Crippen molar-refractivity contribution in [3.05, 3.63) is 30.3 Å². The molecule has 2 amide bonds. The number of amides is 2. The van der Waals surface area contributed by atoms with Crippen LogP contribution in [0, 0.1) is 12.3 Å². The van der Waals surface area contributed by atoms with Crippen LogP contribution in [-0.2, 0) is 4.79 Å². The minimum absolute atomic E-state index is 0.114. The second kappa shape index (κ2) is 8.64. The summed E-state index contributed by atoms with van der Waals surface area (Å²) in [6.45, 7) is 2.83. The number of terminal acetylenes is 1. The maximum atomic E-state index is 12.6. The van der Waals surface area contributed by atoms with Gasteiger partial charge in [0.1, 0.15) is 0 Å². The van der Waals surface area contributed by atoms with Gasteiger partial charge in [-0.1, -0.05) is 31.0 Å². The maximum Gasteiger partial charge on any atom is 0.325 e. The summed E-state index contributed by atoms with van der Waals surface area (Å²) in [5, 5.41) is 8.85. The van der Waals surface area contributed by atoms with Crippen LogP contribution in [0.3, 0.4) is 0 Å². The average Bonchev–Trinajstić information content (AvgIpc) is 2.48. The molecule has 1 N–H and O–H groups in total. The van der Waals surface area contributed by atoms with Gasteiger partial charge in [0.15, 0.2) is 0 Å². The molecule has 1 aromatic rings. The highest BCUT2D eigenvalue weighted by Crippen LogP contribution is 2.16. The molecule has 0 heterocycles. The van der Waals surface area contributed by atoms with Gasteiger partial charge in [-0.2, -0.15) is 0 Å². The van der Waals surface area contributed by atoms with Crippen molar-refractivity contribution in [3.63, 3.8) is 0 Å². The van der Waals surface area contributed by atoms with Crippen LogP contribution >= 0.6 is 0 Å². The Labute approximate surface area is 125 Å². The SMILES string of the molecule is C#CCN(CCC)C(=O)N(CCC(=O)O)c1ccccc1. The molecule has 0 unspecified atom stereocenters. The van der Waals surface area contributed by atoms with Gasteiger partial charge in [-0.3, -0.25) is 9.69 Å². The Balaban J connectivity index is 2.96. The van der Waals surface area contributed by atoms with Crippen molar-refractivity contribution in [3.8, 4) is 12.3 Å². The number of carboxylic acids is 1. The van der Waals surface area contributed by atoms with Crippen molar-refractivity contribution in [1.29, 1.82) is 0 Å². The third-order valence-electron chi connectivity index (χ3n) is 2.89. The van der Waals surface area contributed by atoms with E-state index in [1.54, 1.807) is 17.0 Å². The first-order chi connectivity index (χ1) is 10.1. The summed E-state index contributed by atoms with van der Waals surface area (Å²) in [6.07, 6.45) is 5.97. The lowest BCUT2D eigenvalue weighted by molar-refractivity contribution is -0.136. The number of hydrogen-bond donors (Lipinski definition) is 1. The Morgan fingerprint density at radius 3 is 2.43 bits per heavy atom. The first-order valence-electron chi connectivity index (χ1n) is 6.86. The van der Waals surface area contributed by atoms with Gasteiger partial charge in [0.05, 0.1) is 13.0 Å². The highest BCUT2D eigenvalue weighted by Gasteiger charge is 2.21. The van der Waals surface area contributed by atoms with E-state index < -0.39 is 5.97 Å². The van der Waals surface area contributed by atoms with Crippen molar-refractivity contribution < 1.29 is 14.7 Å². The van der Waals surface area contributed by atoms with Crippen LogP contribution in [0.15, 0.2) is 30.3 Å². The number of benzene rings is 1. The first-order valence-corrected chi connectivity index (χ1v) is 6.86. The fraction of sp³-hybridized carbons (Fsp3) is 0.375. The van der Waals surface area contributed by atoms with E-state index in [1.807, 2.05) is 25.1 Å². The highest BCUT2D eigenvalue weighted by atomic mass is 16.4. The van der Waals surface area contributed by atoms with Crippen LogP contribution in [0.2, 0.25) is 0 Å². The first kappa shape index (κ1) is 16.6. The van der Waals surface area contributed by atoms with Crippen LogP contribution < -0.4 is 4.90 Å². The molecule has 0 aromatic heterocycles. The molecule has 0 aliphatic carbocycles. The van der Waals surface area contributed by atoms with Gasteiger partial charge in [-0.05, 0) is 18.6 Å². The summed E-state index contributed by atoms with van der Waals surface area (Å²) in [5.74, 6) is 1.52. The number of urea groups is 1. The number of para-hydroxylation sites is 1. The van der Waals surface area contributed by atoms with E-state index in [9.17, 15) is 9.59 Å². The zero-order valence-electron chi connectivity index (χ0n) is 12.2. The molecule has 0 bridgehead atoms. The molecule has 21 heavy (non-hydrogen) atoms. The molecule has 0 radical (unpaired) electrons. The summed E-state index contributed by atoms with van der Waals surface area (Å²) in [4.78, 5) is 26.4. The molecule has 1 aromatic carbocycles. The van der Waals surface area contributed by atoms with Crippen LogP contribution in [-0.4, -0.2) is 41.6 Å². The van der Waals surface area contributed by atoms with Crippen molar-refractivity contribution in [2.45, 2.75) is 19.8 Å². The fourth-order valence-corrected chi connectivity index (χ4v) is 1.94. The molecule has 0 atom stereocenters. The topological polar surface area (TPSA) is 60.9 Å². The van der Waals surface area contributed by atoms with Crippen LogP contribution in [0.1, 0.15) is 19.8 Å². The smallest absolute Gasteiger partial charge is 0.325 e. The molecule has 0 saturated carbocycles. The van der Waals surface area contributed by atoms with Gasteiger partial charge in [0.2, 0.25) is 0 Å². The lowest BCUT2D eigenvalue weighted by Crippen LogP contribution is -2.44. The predicted molar refractivity (Wildman–Crippen MR) is 82.1 cm³/mol. The van der Waals surface area contributed by atoms with Crippen LogP contribution in [0.25, 0.3) is 0 Å². The van der Waals surface area contributed by atoms with E-state index in [-0.39, 0.29) is 25.5 Å². The molecule has 1 rings (SSSR count). The standard InChI is InChI=1S/C16H20N2O3/c1-3-11-17(12-4-2)16(21)18(13-10-15(19)20)14-8-6-5-7-9-14/h1,5-9H,4,10-13H2,2H3,(H,19,20). The molecule has 0 aliphatic rings. The normalized spacial score (nSPS) is 9.71. The van der Waals surface area contributed by atoms with E-state index in [0.29, 0.717) is 12.2 Å². The lowest BCUT2D eigenvalue weighted by atomic mass is 10.2. The third kappa shape index (κ3) is 5.19. The van der Waals surface area contributed by atoms with Gasteiger partial charge < -0.3 is 10.0 Å². The molecule has 0 fully saturated rings. The zero-order chi connectivity index (χ0) is 15.7. The van der Waals surface area contributed by atoms with Crippen molar-refractivity contribution >= 4 is 17.7 Å². The van der Waals surface area contributed by atoms with E-state index in [2.05, 4.69) is 5.92 Å². The quantitative estimate of drug-likeness (QED) is 0.784. The number of aliphatic carboxylic acids is 1. The zero-order valence-corrected chi connectivity index (χ0v) is 12.2. The third-order valence-corrected chi connectivity index (χ3v) is 2.89. The van der Waals surface area contributed by atoms with Gasteiger partial charge in [-0.15, -0.1) is 6.42 Å². The Morgan fingerprint density at radius 1 is 1.24 bits per heavy atom. The molecular weight excluding hydrogens is 268 g/mol. The second-order valence-corrected chi connectivity index (χ2v) is 4.54. The minimum Gasteiger partial charge on any atom is -0.481 e. The number of anilines is 1. The second-order valence-electron chi connectivity index (χ2n) is 4.54. The largest absolute Gasteiger partial charge is 0.481 e. The molecule has 112 valence electrons. The van der Waals surface area contributed by atoms with Crippen molar-refractivity contribution in [2.75, 3.05) is 24.5 Å². The van der Waals surface area contributed by atoms with E-state index in [1.165, 1.54) is 4.90 Å². The summed E-state index contributed by atoms with van der Waals surface area (Å²) < 4.78 is 0. The molecule has 0 aliphatic heterocycles. The number of nitrogens with zero attached hydrogens (tertiary/aromatic N) is 2. The predicted octanol–water partition coefficient (Wildman–Crippen LogP) is 2.43. The molecule has 0 spiro atoms. The van der Waals surface area contributed by atoms with Crippen LogP contribution in [0.5, 0.6) is 0 Å². The summed E-state index contributed by atoms with van der Waals surface area (Å²) in [7, 11) is 0. The molecule has 0 saturated heterocycles. The minimum atomic E-state index is -0.942. The van der Waals surface area contributed by atoms with E-state index in [0.717, 1.165) is 6.42 Å². The highest BCUT2D eigenvalue weighted by molar-refractivity contribution is 5.92. The summed E-state index contributed by atoms with van der Waals surface area (Å²) >= 11 is 0. The summed E-state index contributed by atoms with van der Waals surface area (Å²) in [5.41, 5.74) is 0.668. The lowest BCUT2D eigenvalue weighted by Gasteiger charge is -2.29. The van der Waals surface area contributed by atoms with Gasteiger partial charge >= 0.3 is 12.0 Å². The number of hydrogen-bond acceptors (Lipinski definition) is 2. The summed E-state index contributed by atoms with van der Waals surface area (Å²) in [6, 6.07) is 8.75. The molecule has 5 nitrogen and oxygen atoms in total. The maximum absolute atomic E-state index is 12.6. The molecular formula is C16H20N2O3. The molecule has 5 heteroatoms.